The summed E-state index contributed by atoms with van der Waals surface area (Å²) >= 11 is 0. The average Bonchev–Trinajstić information content (AvgIpc) is 2.76. The summed E-state index contributed by atoms with van der Waals surface area (Å²) in [6.45, 7) is 3.24. The zero-order valence-corrected chi connectivity index (χ0v) is 11.6. The summed E-state index contributed by atoms with van der Waals surface area (Å²) in [6, 6.07) is 4.82. The Labute approximate surface area is 115 Å². The molecule has 0 unspecified atom stereocenters. The molecule has 1 aromatic heterocycles. The lowest BCUT2D eigenvalue weighted by Gasteiger charge is -2.24. The normalized spacial score (nSPS) is 11.0. The summed E-state index contributed by atoms with van der Waals surface area (Å²) in [7, 11) is 1.74. The fraction of sp³-hybridized carbons (Fsp3) is 0.385. The van der Waals surface area contributed by atoms with E-state index >= 15 is 0 Å². The van der Waals surface area contributed by atoms with E-state index in [0.29, 0.717) is 11.1 Å². The third-order valence-electron chi connectivity index (χ3n) is 3.05. The molecule has 2 aromatic rings. The van der Waals surface area contributed by atoms with E-state index in [0.717, 1.165) is 5.52 Å². The van der Waals surface area contributed by atoms with Gasteiger partial charge in [-0.25, -0.2) is 4.68 Å². The number of rotatable bonds is 4. The molecule has 0 atom stereocenters. The summed E-state index contributed by atoms with van der Waals surface area (Å²) in [6.07, 6.45) is 0. The number of aliphatic carboxylic acids is 1. The number of carbonyl (C=O) groups excluding carboxylic acids is 1. The van der Waals surface area contributed by atoms with Crippen LogP contribution in [-0.4, -0.2) is 49.5 Å². The molecule has 0 spiro atoms. The zero-order valence-electron chi connectivity index (χ0n) is 11.6. The molecule has 106 valence electrons. The number of carboxylic acids is 1. The number of hydrogen-bond donors (Lipinski definition) is 1. The first-order valence-electron chi connectivity index (χ1n) is 6.22. The van der Waals surface area contributed by atoms with E-state index in [1.807, 2.05) is 0 Å². The second-order valence-electron chi connectivity index (χ2n) is 4.84. The Morgan fingerprint density at radius 2 is 2.10 bits per heavy atom. The van der Waals surface area contributed by atoms with Crippen molar-refractivity contribution in [2.24, 2.45) is 7.05 Å². The fourth-order valence-electron chi connectivity index (χ4n) is 1.96. The van der Waals surface area contributed by atoms with Crippen molar-refractivity contribution >= 4 is 22.9 Å². The van der Waals surface area contributed by atoms with Crippen LogP contribution in [0.1, 0.15) is 24.2 Å². The van der Waals surface area contributed by atoms with Gasteiger partial charge in [-0.1, -0.05) is 5.21 Å². The van der Waals surface area contributed by atoms with Crippen LogP contribution < -0.4 is 0 Å². The number of fused-ring (bicyclic) bond motifs is 1. The van der Waals surface area contributed by atoms with Crippen molar-refractivity contribution in [2.45, 2.75) is 19.9 Å². The number of hydrogen-bond acceptors (Lipinski definition) is 4. The molecule has 2 rings (SSSR count). The van der Waals surface area contributed by atoms with Gasteiger partial charge in [0.1, 0.15) is 12.1 Å². The van der Waals surface area contributed by atoms with Gasteiger partial charge in [0.25, 0.3) is 5.91 Å². The lowest BCUT2D eigenvalue weighted by molar-refractivity contribution is -0.138. The van der Waals surface area contributed by atoms with E-state index in [-0.39, 0.29) is 18.5 Å². The van der Waals surface area contributed by atoms with Crippen molar-refractivity contribution in [1.82, 2.24) is 19.9 Å². The molecule has 0 fully saturated rings. The summed E-state index contributed by atoms with van der Waals surface area (Å²) < 4.78 is 1.57. The number of nitrogens with zero attached hydrogens (tertiary/aromatic N) is 4. The van der Waals surface area contributed by atoms with Crippen LogP contribution >= 0.6 is 0 Å². The Morgan fingerprint density at radius 1 is 1.40 bits per heavy atom. The summed E-state index contributed by atoms with van der Waals surface area (Å²) in [4.78, 5) is 24.6. The van der Waals surface area contributed by atoms with Crippen LogP contribution in [0, 0.1) is 0 Å². The Kier molecular flexibility index (Phi) is 3.69. The monoisotopic (exact) mass is 276 g/mol. The van der Waals surface area contributed by atoms with Crippen molar-refractivity contribution in [2.75, 3.05) is 6.54 Å². The maximum Gasteiger partial charge on any atom is 0.323 e. The quantitative estimate of drug-likeness (QED) is 0.896. The molecule has 0 saturated heterocycles. The van der Waals surface area contributed by atoms with E-state index in [1.54, 1.807) is 43.8 Å². The van der Waals surface area contributed by atoms with Gasteiger partial charge in [0.15, 0.2) is 0 Å². The minimum Gasteiger partial charge on any atom is -0.480 e. The molecule has 0 saturated carbocycles. The first kappa shape index (κ1) is 14.0. The summed E-state index contributed by atoms with van der Waals surface area (Å²) in [5.41, 5.74) is 1.85. The van der Waals surface area contributed by atoms with E-state index in [4.69, 9.17) is 5.11 Å². The van der Waals surface area contributed by atoms with Gasteiger partial charge in [0.05, 0.1) is 5.52 Å². The van der Waals surface area contributed by atoms with E-state index in [1.165, 1.54) is 4.90 Å². The molecule has 1 amide bonds. The molecule has 0 aliphatic rings. The first-order chi connectivity index (χ1) is 9.40. The smallest absolute Gasteiger partial charge is 0.323 e. The highest BCUT2D eigenvalue weighted by molar-refractivity contribution is 5.98. The number of carbonyl (C=O) groups is 2. The number of aromatic nitrogens is 3. The van der Waals surface area contributed by atoms with Crippen LogP contribution in [0.2, 0.25) is 0 Å². The van der Waals surface area contributed by atoms with Crippen molar-refractivity contribution in [3.8, 4) is 0 Å². The number of aryl methyl sites for hydroxylation is 1. The van der Waals surface area contributed by atoms with Crippen LogP contribution in [0.4, 0.5) is 0 Å². The van der Waals surface area contributed by atoms with Crippen molar-refractivity contribution in [3.63, 3.8) is 0 Å². The second kappa shape index (κ2) is 5.28. The molecule has 7 nitrogen and oxygen atoms in total. The van der Waals surface area contributed by atoms with Gasteiger partial charge in [-0.05, 0) is 32.0 Å². The highest BCUT2D eigenvalue weighted by Gasteiger charge is 2.21. The molecule has 1 N–H and O–H groups in total. The van der Waals surface area contributed by atoms with Gasteiger partial charge in [-0.2, -0.15) is 0 Å². The van der Waals surface area contributed by atoms with Crippen LogP contribution in [0.15, 0.2) is 18.2 Å². The number of amides is 1. The lowest BCUT2D eigenvalue weighted by atomic mass is 10.1. The first-order valence-corrected chi connectivity index (χ1v) is 6.22. The maximum atomic E-state index is 12.4. The van der Waals surface area contributed by atoms with Crippen molar-refractivity contribution in [3.05, 3.63) is 23.8 Å². The Morgan fingerprint density at radius 3 is 2.70 bits per heavy atom. The number of benzene rings is 1. The van der Waals surface area contributed by atoms with Crippen molar-refractivity contribution < 1.29 is 14.7 Å². The van der Waals surface area contributed by atoms with Gasteiger partial charge in [-0.15, -0.1) is 5.10 Å². The molecule has 0 bridgehead atoms. The van der Waals surface area contributed by atoms with Crippen LogP contribution in [0.3, 0.4) is 0 Å². The average molecular weight is 276 g/mol. The summed E-state index contributed by atoms with van der Waals surface area (Å²) in [5, 5.41) is 16.7. The molecular weight excluding hydrogens is 260 g/mol. The SMILES string of the molecule is CC(C)N(CC(=O)O)C(=O)c1ccc2nnn(C)c2c1. The molecule has 1 aromatic carbocycles. The van der Waals surface area contributed by atoms with Gasteiger partial charge in [0, 0.05) is 18.7 Å². The summed E-state index contributed by atoms with van der Waals surface area (Å²) in [5.74, 6) is -1.35. The highest BCUT2D eigenvalue weighted by Crippen LogP contribution is 2.15. The van der Waals surface area contributed by atoms with Gasteiger partial charge in [0.2, 0.25) is 0 Å². The standard InChI is InChI=1S/C13H16N4O3/c1-8(2)17(7-12(18)19)13(20)9-4-5-10-11(6-9)16(3)15-14-10/h4-6,8H,7H2,1-3H3,(H,18,19). The molecule has 7 heteroatoms. The van der Waals surface area contributed by atoms with Crippen LogP contribution in [0.25, 0.3) is 11.0 Å². The Balaban J connectivity index is 2.37. The molecule has 0 radical (unpaired) electrons. The minimum atomic E-state index is -1.03. The third-order valence-corrected chi connectivity index (χ3v) is 3.05. The largest absolute Gasteiger partial charge is 0.480 e. The van der Waals surface area contributed by atoms with Gasteiger partial charge >= 0.3 is 5.97 Å². The molecule has 0 aliphatic carbocycles. The molecule has 20 heavy (non-hydrogen) atoms. The fourth-order valence-corrected chi connectivity index (χ4v) is 1.96. The van der Waals surface area contributed by atoms with E-state index in [9.17, 15) is 9.59 Å². The van der Waals surface area contributed by atoms with E-state index < -0.39 is 5.97 Å². The van der Waals surface area contributed by atoms with E-state index in [2.05, 4.69) is 10.3 Å². The number of carboxylic acid groups (broad SMARTS) is 1. The Hall–Kier alpha value is -2.44. The van der Waals surface area contributed by atoms with Crippen LogP contribution in [0.5, 0.6) is 0 Å². The van der Waals surface area contributed by atoms with Gasteiger partial charge < -0.3 is 10.0 Å². The van der Waals surface area contributed by atoms with Crippen LogP contribution in [-0.2, 0) is 11.8 Å². The minimum absolute atomic E-state index is 0.195. The van der Waals surface area contributed by atoms with Gasteiger partial charge in [-0.3, -0.25) is 9.59 Å². The highest BCUT2D eigenvalue weighted by atomic mass is 16.4. The zero-order chi connectivity index (χ0) is 14.9. The molecular formula is C13H16N4O3. The van der Waals surface area contributed by atoms with Crippen molar-refractivity contribution in [1.29, 1.82) is 0 Å². The second-order valence-corrected chi connectivity index (χ2v) is 4.84. The predicted octanol–water partition coefficient (Wildman–Crippen LogP) is 0.903. The lowest BCUT2D eigenvalue weighted by Crippen LogP contribution is -2.40. The molecule has 1 heterocycles. The molecule has 0 aliphatic heterocycles. The predicted molar refractivity (Wildman–Crippen MR) is 72.3 cm³/mol. The maximum absolute atomic E-state index is 12.4. The topological polar surface area (TPSA) is 88.3 Å². The Bertz CT molecular complexity index is 663. The third kappa shape index (κ3) is 2.61.